The Hall–Kier alpha value is -2.20. The number of aromatic hydroxyl groups is 3. The minimum atomic E-state index is -0.495. The van der Waals surface area contributed by atoms with Gasteiger partial charge in [-0.1, -0.05) is 23.7 Å². The van der Waals surface area contributed by atoms with Crippen molar-refractivity contribution in [3.05, 3.63) is 52.5 Å². The van der Waals surface area contributed by atoms with Gasteiger partial charge in [-0.15, -0.1) is 0 Å². The summed E-state index contributed by atoms with van der Waals surface area (Å²) in [5.74, 6) is -1.87. The summed E-state index contributed by atoms with van der Waals surface area (Å²) in [7, 11) is 0. The molecular formula is C13H9ClO4. The van der Waals surface area contributed by atoms with Crippen LogP contribution in [0.4, 0.5) is 0 Å². The summed E-state index contributed by atoms with van der Waals surface area (Å²) in [6.45, 7) is 0. The van der Waals surface area contributed by atoms with Crippen molar-refractivity contribution in [3.63, 3.8) is 0 Å². The first kappa shape index (κ1) is 12.3. The van der Waals surface area contributed by atoms with E-state index in [0.717, 1.165) is 12.1 Å². The fraction of sp³-hybridized carbons (Fsp3) is 0. The Kier molecular flexibility index (Phi) is 3.12. The molecule has 0 unspecified atom stereocenters. The number of rotatable bonds is 2. The van der Waals surface area contributed by atoms with E-state index in [-0.39, 0.29) is 11.1 Å². The van der Waals surface area contributed by atoms with Crippen molar-refractivity contribution < 1.29 is 20.1 Å². The number of ketones is 1. The number of hydrogen-bond donors (Lipinski definition) is 3. The lowest BCUT2D eigenvalue weighted by Gasteiger charge is -2.06. The van der Waals surface area contributed by atoms with Crippen molar-refractivity contribution in [3.8, 4) is 17.2 Å². The maximum atomic E-state index is 12.1. The molecule has 0 fully saturated rings. The first-order valence-corrected chi connectivity index (χ1v) is 5.42. The van der Waals surface area contributed by atoms with E-state index in [1.54, 1.807) is 12.1 Å². The van der Waals surface area contributed by atoms with Crippen molar-refractivity contribution in [2.24, 2.45) is 0 Å². The van der Waals surface area contributed by atoms with Gasteiger partial charge in [-0.2, -0.15) is 0 Å². The van der Waals surface area contributed by atoms with Crippen LogP contribution in [0, 0.1) is 0 Å². The largest absolute Gasteiger partial charge is 0.507 e. The normalized spacial score (nSPS) is 10.3. The Labute approximate surface area is 108 Å². The molecule has 0 aliphatic heterocycles. The van der Waals surface area contributed by atoms with Crippen molar-refractivity contribution in [1.82, 2.24) is 0 Å². The second-order valence-corrected chi connectivity index (χ2v) is 4.13. The molecule has 3 N–H and O–H groups in total. The van der Waals surface area contributed by atoms with Crippen molar-refractivity contribution in [1.29, 1.82) is 0 Å². The Bertz CT molecular complexity index is 622. The van der Waals surface area contributed by atoms with Gasteiger partial charge in [-0.3, -0.25) is 4.79 Å². The highest BCUT2D eigenvalue weighted by Crippen LogP contribution is 2.33. The molecule has 18 heavy (non-hydrogen) atoms. The minimum Gasteiger partial charge on any atom is -0.507 e. The molecule has 0 saturated carbocycles. The van der Waals surface area contributed by atoms with Crippen LogP contribution in [-0.2, 0) is 0 Å². The summed E-state index contributed by atoms with van der Waals surface area (Å²) < 4.78 is 0. The van der Waals surface area contributed by atoms with Crippen LogP contribution < -0.4 is 0 Å². The third-order valence-electron chi connectivity index (χ3n) is 2.42. The minimum absolute atomic E-state index is 0.104. The van der Waals surface area contributed by atoms with Crippen LogP contribution >= 0.6 is 11.6 Å². The van der Waals surface area contributed by atoms with Gasteiger partial charge in [-0.05, 0) is 18.2 Å². The summed E-state index contributed by atoms with van der Waals surface area (Å²) in [6, 6.07) is 8.13. The van der Waals surface area contributed by atoms with Crippen LogP contribution in [-0.4, -0.2) is 21.1 Å². The molecule has 0 spiro atoms. The van der Waals surface area contributed by atoms with Gasteiger partial charge in [0.25, 0.3) is 0 Å². The fourth-order valence-electron chi connectivity index (χ4n) is 1.53. The number of phenolic OH excluding ortho intramolecular Hbond substituents is 3. The second-order valence-electron chi connectivity index (χ2n) is 3.70. The van der Waals surface area contributed by atoms with Gasteiger partial charge in [0.1, 0.15) is 5.75 Å². The number of carbonyl (C=O) groups excluding carboxylic acids is 1. The smallest absolute Gasteiger partial charge is 0.196 e. The van der Waals surface area contributed by atoms with Crippen LogP contribution in [0.2, 0.25) is 5.02 Å². The fourth-order valence-corrected chi connectivity index (χ4v) is 1.72. The number of hydrogen-bond acceptors (Lipinski definition) is 4. The molecule has 0 heterocycles. The zero-order valence-corrected chi connectivity index (χ0v) is 9.85. The van der Waals surface area contributed by atoms with E-state index in [0.29, 0.717) is 5.02 Å². The number of phenols is 3. The van der Waals surface area contributed by atoms with Gasteiger partial charge in [0.2, 0.25) is 0 Å². The molecule has 5 heteroatoms. The van der Waals surface area contributed by atoms with Crippen LogP contribution in [0.15, 0.2) is 36.4 Å². The highest BCUT2D eigenvalue weighted by atomic mass is 35.5. The molecule has 0 amide bonds. The summed E-state index contributed by atoms with van der Waals surface area (Å²) in [5.41, 5.74) is 0.176. The zero-order chi connectivity index (χ0) is 13.3. The molecule has 4 nitrogen and oxygen atoms in total. The van der Waals surface area contributed by atoms with E-state index in [1.807, 2.05) is 0 Å². The lowest BCUT2D eigenvalue weighted by atomic mass is 10.0. The lowest BCUT2D eigenvalue weighted by molar-refractivity contribution is 0.103. The summed E-state index contributed by atoms with van der Waals surface area (Å²) in [5, 5.41) is 28.5. The molecular weight excluding hydrogens is 256 g/mol. The zero-order valence-electron chi connectivity index (χ0n) is 9.09. The molecule has 2 aromatic rings. The Morgan fingerprint density at radius 3 is 2.28 bits per heavy atom. The first-order chi connectivity index (χ1) is 8.49. The van der Waals surface area contributed by atoms with Crippen molar-refractivity contribution in [2.75, 3.05) is 0 Å². The maximum absolute atomic E-state index is 12.1. The molecule has 0 radical (unpaired) electrons. The topological polar surface area (TPSA) is 77.8 Å². The predicted molar refractivity (Wildman–Crippen MR) is 66.3 cm³/mol. The predicted octanol–water partition coefficient (Wildman–Crippen LogP) is 2.69. The van der Waals surface area contributed by atoms with Crippen molar-refractivity contribution in [2.45, 2.75) is 0 Å². The molecule has 2 rings (SSSR count). The monoisotopic (exact) mass is 264 g/mol. The molecule has 0 atom stereocenters. The second kappa shape index (κ2) is 4.58. The van der Waals surface area contributed by atoms with E-state index >= 15 is 0 Å². The number of halogens is 1. The van der Waals surface area contributed by atoms with Gasteiger partial charge in [0.15, 0.2) is 17.3 Å². The molecule has 0 aliphatic rings. The highest BCUT2D eigenvalue weighted by molar-refractivity contribution is 6.31. The van der Waals surface area contributed by atoms with Gasteiger partial charge >= 0.3 is 0 Å². The Balaban J connectivity index is 2.49. The lowest BCUT2D eigenvalue weighted by Crippen LogP contribution is -2.01. The summed E-state index contributed by atoms with van der Waals surface area (Å²) >= 11 is 5.77. The molecule has 0 saturated heterocycles. The van der Waals surface area contributed by atoms with E-state index in [1.165, 1.54) is 12.1 Å². The number of benzene rings is 2. The number of carbonyl (C=O) groups is 1. The standard InChI is InChI=1S/C13H9ClO4/c14-8-3-1-2-7(4-8)13(18)9-5-11(16)12(17)6-10(9)15/h1-6,15-17H. The maximum Gasteiger partial charge on any atom is 0.196 e. The van der Waals surface area contributed by atoms with E-state index < -0.39 is 23.0 Å². The summed E-state index contributed by atoms with van der Waals surface area (Å²) in [6.07, 6.45) is 0. The molecule has 0 aromatic heterocycles. The third-order valence-corrected chi connectivity index (χ3v) is 2.66. The van der Waals surface area contributed by atoms with Crippen molar-refractivity contribution >= 4 is 17.4 Å². The third kappa shape index (κ3) is 2.24. The van der Waals surface area contributed by atoms with Crippen LogP contribution in [0.25, 0.3) is 0 Å². The van der Waals surface area contributed by atoms with E-state index in [2.05, 4.69) is 0 Å². The van der Waals surface area contributed by atoms with Crippen LogP contribution in [0.3, 0.4) is 0 Å². The average molecular weight is 265 g/mol. The van der Waals surface area contributed by atoms with Crippen LogP contribution in [0.5, 0.6) is 17.2 Å². The first-order valence-electron chi connectivity index (χ1n) is 5.04. The quantitative estimate of drug-likeness (QED) is 0.443. The SMILES string of the molecule is O=C(c1cccc(Cl)c1)c1cc(O)c(O)cc1O. The van der Waals surface area contributed by atoms with Gasteiger partial charge in [0.05, 0.1) is 5.56 Å². The molecule has 0 aliphatic carbocycles. The molecule has 0 bridgehead atoms. The summed E-state index contributed by atoms with van der Waals surface area (Å²) in [4.78, 5) is 12.1. The van der Waals surface area contributed by atoms with E-state index in [4.69, 9.17) is 11.6 Å². The molecule has 2 aromatic carbocycles. The van der Waals surface area contributed by atoms with E-state index in [9.17, 15) is 20.1 Å². The van der Waals surface area contributed by atoms with Crippen LogP contribution in [0.1, 0.15) is 15.9 Å². The Morgan fingerprint density at radius 1 is 0.944 bits per heavy atom. The van der Waals surface area contributed by atoms with Gasteiger partial charge in [0, 0.05) is 16.7 Å². The highest BCUT2D eigenvalue weighted by Gasteiger charge is 2.16. The van der Waals surface area contributed by atoms with Gasteiger partial charge in [-0.25, -0.2) is 0 Å². The van der Waals surface area contributed by atoms with Gasteiger partial charge < -0.3 is 15.3 Å². The Morgan fingerprint density at radius 2 is 1.61 bits per heavy atom. The molecule has 92 valence electrons. The average Bonchev–Trinajstić information content (AvgIpc) is 2.33.